The van der Waals surface area contributed by atoms with E-state index in [1.165, 1.54) is 11.8 Å². The Bertz CT molecular complexity index is 863. The zero-order valence-corrected chi connectivity index (χ0v) is 16.0. The van der Waals surface area contributed by atoms with Gasteiger partial charge in [0.15, 0.2) is 0 Å². The molecule has 2 aromatic heterocycles. The number of carbonyl (C=O) groups is 1. The van der Waals surface area contributed by atoms with Crippen LogP contribution in [0.15, 0.2) is 39.3 Å². The Hall–Kier alpha value is -1.90. The second kappa shape index (κ2) is 7.99. The lowest BCUT2D eigenvalue weighted by atomic mass is 10.2. The van der Waals surface area contributed by atoms with Crippen molar-refractivity contribution in [3.63, 3.8) is 0 Å². The number of amides is 1. The molecule has 0 aliphatic rings. The first-order valence-corrected chi connectivity index (χ1v) is 9.63. The van der Waals surface area contributed by atoms with Gasteiger partial charge >= 0.3 is 0 Å². The zero-order chi connectivity index (χ0) is 17.8. The molecule has 9 heteroatoms. The normalized spacial score (nSPS) is 10.8. The lowest BCUT2D eigenvalue weighted by Gasteiger charge is -2.14. The second-order valence-electron chi connectivity index (χ2n) is 5.28. The van der Waals surface area contributed by atoms with E-state index < -0.39 is 0 Å². The number of thioether (sulfide) groups is 1. The average molecular weight is 395 g/mol. The van der Waals surface area contributed by atoms with Gasteiger partial charge < -0.3 is 9.32 Å². The van der Waals surface area contributed by atoms with E-state index in [0.29, 0.717) is 22.7 Å². The summed E-state index contributed by atoms with van der Waals surface area (Å²) in [5, 5.41) is 11.9. The molecule has 3 rings (SSSR count). The fraction of sp³-hybridized carbons (Fsp3) is 0.250. The molecule has 0 aliphatic heterocycles. The SMILES string of the molecule is Cc1nc(CN(C)C(=O)CSc2nnc(-c3ccc(Cl)cc3)o2)cs1. The van der Waals surface area contributed by atoms with Gasteiger partial charge in [0.1, 0.15) is 0 Å². The minimum atomic E-state index is -0.0260. The largest absolute Gasteiger partial charge is 0.411 e. The molecule has 1 aromatic carbocycles. The molecule has 25 heavy (non-hydrogen) atoms. The maximum atomic E-state index is 12.2. The number of hydrogen-bond acceptors (Lipinski definition) is 7. The Morgan fingerprint density at radius 2 is 2.08 bits per heavy atom. The van der Waals surface area contributed by atoms with Crippen LogP contribution in [0.4, 0.5) is 0 Å². The van der Waals surface area contributed by atoms with Crippen LogP contribution in [0.1, 0.15) is 10.7 Å². The van der Waals surface area contributed by atoms with Gasteiger partial charge in [-0.3, -0.25) is 4.79 Å². The third-order valence-corrected chi connectivity index (χ3v) is 5.19. The van der Waals surface area contributed by atoms with Crippen molar-refractivity contribution in [3.8, 4) is 11.5 Å². The number of nitrogens with zero attached hydrogens (tertiary/aromatic N) is 4. The number of hydrogen-bond donors (Lipinski definition) is 0. The van der Waals surface area contributed by atoms with E-state index in [1.54, 1.807) is 47.5 Å². The first-order chi connectivity index (χ1) is 12.0. The number of aryl methyl sites for hydroxylation is 1. The maximum absolute atomic E-state index is 12.2. The van der Waals surface area contributed by atoms with E-state index in [0.717, 1.165) is 16.3 Å². The van der Waals surface area contributed by atoms with Crippen molar-refractivity contribution >= 4 is 40.6 Å². The number of halogens is 1. The summed E-state index contributed by atoms with van der Waals surface area (Å²) in [5.74, 6) is 0.599. The number of rotatable bonds is 6. The van der Waals surface area contributed by atoms with Crippen LogP contribution in [-0.4, -0.2) is 38.8 Å². The quantitative estimate of drug-likeness (QED) is 0.590. The molecule has 0 aliphatic carbocycles. The lowest BCUT2D eigenvalue weighted by Crippen LogP contribution is -2.27. The van der Waals surface area contributed by atoms with Gasteiger partial charge in [0.05, 0.1) is 23.0 Å². The second-order valence-corrected chi connectivity index (χ2v) is 7.70. The summed E-state index contributed by atoms with van der Waals surface area (Å²) in [6.45, 7) is 2.43. The van der Waals surface area contributed by atoms with Crippen LogP contribution < -0.4 is 0 Å². The highest BCUT2D eigenvalue weighted by Crippen LogP contribution is 2.24. The summed E-state index contributed by atoms with van der Waals surface area (Å²) in [4.78, 5) is 18.2. The molecule has 2 heterocycles. The van der Waals surface area contributed by atoms with Crippen LogP contribution in [0, 0.1) is 6.92 Å². The van der Waals surface area contributed by atoms with Crippen LogP contribution in [-0.2, 0) is 11.3 Å². The summed E-state index contributed by atoms with van der Waals surface area (Å²) in [7, 11) is 1.75. The van der Waals surface area contributed by atoms with Crippen molar-refractivity contribution in [2.24, 2.45) is 0 Å². The third-order valence-electron chi connectivity index (χ3n) is 3.31. The van der Waals surface area contributed by atoms with Crippen molar-refractivity contribution in [1.29, 1.82) is 0 Å². The summed E-state index contributed by atoms with van der Waals surface area (Å²) >= 11 is 8.65. The van der Waals surface area contributed by atoms with Crippen LogP contribution in [0.3, 0.4) is 0 Å². The molecule has 3 aromatic rings. The van der Waals surface area contributed by atoms with Gasteiger partial charge in [0.2, 0.25) is 11.8 Å². The van der Waals surface area contributed by atoms with Gasteiger partial charge in [0.25, 0.3) is 5.22 Å². The third kappa shape index (κ3) is 4.81. The summed E-state index contributed by atoms with van der Waals surface area (Å²) < 4.78 is 5.58. The van der Waals surface area contributed by atoms with E-state index in [9.17, 15) is 4.79 Å². The van der Waals surface area contributed by atoms with Gasteiger partial charge in [-0.1, -0.05) is 23.4 Å². The van der Waals surface area contributed by atoms with Crippen molar-refractivity contribution in [2.45, 2.75) is 18.7 Å². The first kappa shape index (κ1) is 17.9. The lowest BCUT2D eigenvalue weighted by molar-refractivity contribution is -0.127. The Morgan fingerprint density at radius 3 is 2.76 bits per heavy atom. The van der Waals surface area contributed by atoms with Gasteiger partial charge in [-0.25, -0.2) is 4.98 Å². The molecule has 0 fully saturated rings. The summed E-state index contributed by atoms with van der Waals surface area (Å²) in [6.07, 6.45) is 0. The monoisotopic (exact) mass is 394 g/mol. The molecule has 0 saturated heterocycles. The van der Waals surface area contributed by atoms with Crippen LogP contribution >= 0.6 is 34.7 Å². The van der Waals surface area contributed by atoms with Crippen molar-refractivity contribution in [3.05, 3.63) is 45.4 Å². The molecule has 0 unspecified atom stereocenters. The highest BCUT2D eigenvalue weighted by atomic mass is 35.5. The average Bonchev–Trinajstić information content (AvgIpc) is 3.22. The van der Waals surface area contributed by atoms with Crippen molar-refractivity contribution in [2.75, 3.05) is 12.8 Å². The van der Waals surface area contributed by atoms with Gasteiger partial charge in [-0.2, -0.15) is 0 Å². The zero-order valence-electron chi connectivity index (χ0n) is 13.6. The Balaban J connectivity index is 1.54. The molecule has 0 spiro atoms. The molecule has 0 atom stereocenters. The summed E-state index contributed by atoms with van der Waals surface area (Å²) in [5.41, 5.74) is 1.68. The smallest absolute Gasteiger partial charge is 0.277 e. The molecule has 0 radical (unpaired) electrons. The molecule has 6 nitrogen and oxygen atoms in total. The molecule has 1 amide bonds. The van der Waals surface area contributed by atoms with E-state index in [1.807, 2.05) is 12.3 Å². The van der Waals surface area contributed by atoms with Crippen LogP contribution in [0.25, 0.3) is 11.5 Å². The molecule has 0 saturated carbocycles. The first-order valence-electron chi connectivity index (χ1n) is 7.38. The molecule has 0 bridgehead atoms. The predicted molar refractivity (Wildman–Crippen MR) is 98.8 cm³/mol. The van der Waals surface area contributed by atoms with Gasteiger partial charge in [-0.05, 0) is 31.2 Å². The Labute approximate surface area is 158 Å². The fourth-order valence-electron chi connectivity index (χ4n) is 2.02. The maximum Gasteiger partial charge on any atom is 0.277 e. The standard InChI is InChI=1S/C16H15ClN4O2S2/c1-10-18-13(8-24-10)7-21(2)14(22)9-25-16-20-19-15(23-16)11-3-5-12(17)6-4-11/h3-6,8H,7,9H2,1-2H3. The number of benzene rings is 1. The number of carbonyl (C=O) groups excluding carboxylic acids is 1. The van der Waals surface area contributed by atoms with Gasteiger partial charge in [-0.15, -0.1) is 21.5 Å². The van der Waals surface area contributed by atoms with Crippen molar-refractivity contribution in [1.82, 2.24) is 20.1 Å². The minimum Gasteiger partial charge on any atom is -0.411 e. The molecular formula is C16H15ClN4O2S2. The Kier molecular flexibility index (Phi) is 5.72. The number of thiazole rings is 1. The highest BCUT2D eigenvalue weighted by Gasteiger charge is 2.15. The van der Waals surface area contributed by atoms with E-state index in [-0.39, 0.29) is 11.7 Å². The molecule has 130 valence electrons. The predicted octanol–water partition coefficient (Wildman–Crippen LogP) is 3.91. The van der Waals surface area contributed by atoms with Crippen LogP contribution in [0.2, 0.25) is 5.02 Å². The fourth-order valence-corrected chi connectivity index (χ4v) is 3.46. The highest BCUT2D eigenvalue weighted by molar-refractivity contribution is 7.99. The molecule has 0 N–H and O–H groups in total. The van der Waals surface area contributed by atoms with E-state index in [4.69, 9.17) is 16.0 Å². The van der Waals surface area contributed by atoms with Gasteiger partial charge in [0, 0.05) is 23.0 Å². The Morgan fingerprint density at radius 1 is 1.32 bits per heavy atom. The van der Waals surface area contributed by atoms with E-state index in [2.05, 4.69) is 15.2 Å². The minimum absolute atomic E-state index is 0.0260. The molecular weight excluding hydrogens is 380 g/mol. The number of aromatic nitrogens is 3. The topological polar surface area (TPSA) is 72.1 Å². The van der Waals surface area contributed by atoms with Crippen LogP contribution in [0.5, 0.6) is 0 Å². The van der Waals surface area contributed by atoms with E-state index >= 15 is 0 Å². The van der Waals surface area contributed by atoms with Crippen molar-refractivity contribution < 1.29 is 9.21 Å². The summed E-state index contributed by atoms with van der Waals surface area (Å²) in [6, 6.07) is 7.12.